The van der Waals surface area contributed by atoms with Crippen molar-refractivity contribution in [2.24, 2.45) is 0 Å². The third-order valence-electron chi connectivity index (χ3n) is 0. The molecule has 0 atom stereocenters. The minimum absolute atomic E-state index is 0. The van der Waals surface area contributed by atoms with Gasteiger partial charge in [-0.15, -0.1) is 0 Å². The molecule has 0 aliphatic heterocycles. The standard InChI is InChI=1S/5BH4.Li.Ti/h5*1H4;;/q5*-1;+1;+4. The van der Waals surface area contributed by atoms with Gasteiger partial charge in [0.1, 0.15) is 0 Å². The van der Waals surface area contributed by atoms with Crippen LogP contribution in [0.1, 0.15) is 0 Å². The molecule has 0 nitrogen and oxygen atoms in total. The van der Waals surface area contributed by atoms with Crippen molar-refractivity contribution in [3.05, 3.63) is 0 Å². The molecule has 0 bridgehead atoms. The Labute approximate surface area is 82.3 Å². The molecule has 0 N–H and O–H groups in total. The maximum atomic E-state index is 0. The minimum atomic E-state index is 0. The van der Waals surface area contributed by atoms with Gasteiger partial charge in [-0.05, 0) is 0 Å². The Kier molecular flexibility index (Phi) is 3370. The normalized spacial score (nSPS) is 0. The van der Waals surface area contributed by atoms with Gasteiger partial charge in [0.05, 0.1) is 0 Å². The molecular formula is H20B5LiTi. The number of hydrogen-bond acceptors (Lipinski definition) is 0. The summed E-state index contributed by atoms with van der Waals surface area (Å²) in [5, 5.41) is 0. The molecule has 0 saturated carbocycles. The second kappa shape index (κ2) is 126. The first-order chi connectivity index (χ1) is 0. The summed E-state index contributed by atoms with van der Waals surface area (Å²) < 4.78 is 0. The molecule has 0 spiro atoms. The monoisotopic (exact) mass is 130 g/mol. The van der Waals surface area contributed by atoms with Crippen molar-refractivity contribution in [3.8, 4) is 0 Å². The van der Waals surface area contributed by atoms with Gasteiger partial charge in [-0.25, -0.2) is 0 Å². The van der Waals surface area contributed by atoms with Gasteiger partial charge >= 0.3 is 40.6 Å². The Bertz CT molecular complexity index is 8.04. The van der Waals surface area contributed by atoms with Crippen molar-refractivity contribution in [1.82, 2.24) is 0 Å². The van der Waals surface area contributed by atoms with Gasteiger partial charge in [0.15, 0.2) is 0 Å². The van der Waals surface area contributed by atoms with E-state index in [2.05, 4.69) is 0 Å². The molecule has 0 rings (SSSR count). The minimum Gasteiger partial charge on any atom is -0.0626 e. The molecule has 0 heterocycles. The van der Waals surface area contributed by atoms with Gasteiger partial charge < -0.3 is 0 Å². The van der Waals surface area contributed by atoms with E-state index < -0.39 is 0 Å². The fourth-order valence-corrected chi connectivity index (χ4v) is 0. The molecular weight excluding hydrogens is 109 g/mol. The van der Waals surface area contributed by atoms with Gasteiger partial charge in [-0.3, -0.25) is 0 Å². The van der Waals surface area contributed by atoms with Crippen molar-refractivity contribution in [3.63, 3.8) is 0 Å². The summed E-state index contributed by atoms with van der Waals surface area (Å²) >= 11 is 0. The van der Waals surface area contributed by atoms with Crippen LogP contribution in [0.5, 0.6) is 0 Å². The molecule has 0 amide bonds. The van der Waals surface area contributed by atoms with E-state index in [0.29, 0.717) is 0 Å². The van der Waals surface area contributed by atoms with Crippen LogP contribution in [0.3, 0.4) is 0 Å². The van der Waals surface area contributed by atoms with Crippen LogP contribution in [-0.2, 0) is 21.7 Å². The van der Waals surface area contributed by atoms with Gasteiger partial charge in [0.2, 0.25) is 0 Å². The molecule has 0 aromatic heterocycles. The summed E-state index contributed by atoms with van der Waals surface area (Å²) in [5.41, 5.74) is 0. The van der Waals surface area contributed by atoms with Crippen LogP contribution in [-0.4, -0.2) is 42.1 Å². The van der Waals surface area contributed by atoms with E-state index in [1.54, 1.807) is 0 Å². The average Bonchev–Trinajstić information content (AvgIpc) is 0. The van der Waals surface area contributed by atoms with Crippen molar-refractivity contribution >= 4 is 42.1 Å². The first kappa shape index (κ1) is 188. The van der Waals surface area contributed by atoms with Gasteiger partial charge in [0.25, 0.3) is 0 Å². The zero-order valence-electron chi connectivity index (χ0n) is 1.50. The average molecular weight is 129 g/mol. The number of hydrogen-bond donors (Lipinski definition) is 0. The van der Waals surface area contributed by atoms with E-state index in [0.717, 1.165) is 0 Å². The van der Waals surface area contributed by atoms with Crippen LogP contribution in [0.15, 0.2) is 0 Å². The van der Waals surface area contributed by atoms with E-state index in [1.165, 1.54) is 0 Å². The smallest absolute Gasteiger partial charge is 0.0626 e. The first-order valence-electron chi connectivity index (χ1n) is 0. The fraction of sp³-hybridized carbons (Fsp3) is 0. The molecule has 0 aliphatic carbocycles. The molecule has 0 fully saturated rings. The Morgan fingerprint density at radius 2 is 0.429 bits per heavy atom. The predicted molar refractivity (Wildman–Crippen MR) is 56.7 cm³/mol. The fourth-order valence-electron chi connectivity index (χ4n) is 0. The van der Waals surface area contributed by atoms with Crippen molar-refractivity contribution in [2.75, 3.05) is 0 Å². The first-order valence-corrected chi connectivity index (χ1v) is 0. The SMILES string of the molecule is [BH4-].[BH4-].[BH4-].[BH4-].[BH4-].[Li+].[Ti+4]. The van der Waals surface area contributed by atoms with E-state index in [-0.39, 0.29) is 82.6 Å². The Balaban J connectivity index is 0. The van der Waals surface area contributed by atoms with Crippen LogP contribution in [0.25, 0.3) is 0 Å². The van der Waals surface area contributed by atoms with E-state index in [4.69, 9.17) is 0 Å². The summed E-state index contributed by atoms with van der Waals surface area (Å²) in [6, 6.07) is 0. The summed E-state index contributed by atoms with van der Waals surface area (Å²) in [4.78, 5) is 0. The summed E-state index contributed by atoms with van der Waals surface area (Å²) in [5.74, 6) is 0. The van der Waals surface area contributed by atoms with Gasteiger partial charge in [-0.1, -0.05) is 42.1 Å². The summed E-state index contributed by atoms with van der Waals surface area (Å²) in [7, 11) is 0. The molecule has 0 saturated heterocycles. The topological polar surface area (TPSA) is 0 Å². The Morgan fingerprint density at radius 1 is 0.429 bits per heavy atom. The molecule has 40 valence electrons. The molecule has 0 aliphatic rings. The van der Waals surface area contributed by atoms with Crippen LogP contribution in [0.4, 0.5) is 0 Å². The van der Waals surface area contributed by atoms with Crippen LogP contribution in [0.2, 0.25) is 0 Å². The second-order valence-electron chi connectivity index (χ2n) is 0. The summed E-state index contributed by atoms with van der Waals surface area (Å²) in [6.07, 6.45) is 0. The van der Waals surface area contributed by atoms with Crippen LogP contribution < -0.4 is 18.9 Å². The van der Waals surface area contributed by atoms with Crippen LogP contribution in [0, 0.1) is 0 Å². The number of rotatable bonds is 0. The van der Waals surface area contributed by atoms with E-state index >= 15 is 0 Å². The third-order valence-corrected chi connectivity index (χ3v) is 0. The van der Waals surface area contributed by atoms with Gasteiger partial charge in [0, 0.05) is 0 Å². The second-order valence-corrected chi connectivity index (χ2v) is 0. The predicted octanol–water partition coefficient (Wildman–Crippen LogP) is -10.3. The van der Waals surface area contributed by atoms with Crippen molar-refractivity contribution in [2.45, 2.75) is 0 Å². The molecule has 0 aromatic rings. The quantitative estimate of drug-likeness (QED) is 0.285. The molecule has 0 unspecified atom stereocenters. The Morgan fingerprint density at radius 3 is 0.429 bits per heavy atom. The molecule has 0 aromatic carbocycles. The van der Waals surface area contributed by atoms with E-state index in [9.17, 15) is 0 Å². The van der Waals surface area contributed by atoms with Crippen LogP contribution >= 0.6 is 0 Å². The maximum Gasteiger partial charge on any atom is 4.00 e. The van der Waals surface area contributed by atoms with Crippen molar-refractivity contribution < 1.29 is 40.6 Å². The largest absolute Gasteiger partial charge is 4.00 e. The Hall–Kier alpha value is 1.64. The summed E-state index contributed by atoms with van der Waals surface area (Å²) in [6.45, 7) is 0. The molecule has 7 heteroatoms. The van der Waals surface area contributed by atoms with E-state index in [1.807, 2.05) is 0 Å². The zero-order chi connectivity index (χ0) is 0. The maximum absolute atomic E-state index is 0. The zero-order valence-corrected chi connectivity index (χ0v) is 3.06. The third kappa shape index (κ3) is 90.6. The van der Waals surface area contributed by atoms with Crippen molar-refractivity contribution in [1.29, 1.82) is 0 Å². The molecule has 0 radical (unpaired) electrons. The van der Waals surface area contributed by atoms with Gasteiger partial charge in [-0.2, -0.15) is 0 Å². The molecule has 7 heavy (non-hydrogen) atoms.